The van der Waals surface area contributed by atoms with Crippen LogP contribution in [0.5, 0.6) is 11.5 Å². The van der Waals surface area contributed by atoms with Crippen molar-refractivity contribution in [2.24, 2.45) is 5.73 Å². The second-order valence-corrected chi connectivity index (χ2v) is 5.68. The summed E-state index contributed by atoms with van der Waals surface area (Å²) in [6, 6.07) is 3.66. The molecule has 0 aliphatic carbocycles. The fourth-order valence-corrected chi connectivity index (χ4v) is 2.21. The van der Waals surface area contributed by atoms with Gasteiger partial charge in [-0.25, -0.2) is 0 Å². The Morgan fingerprint density at radius 1 is 1.41 bits per heavy atom. The van der Waals surface area contributed by atoms with Crippen LogP contribution < -0.4 is 16.5 Å². The van der Waals surface area contributed by atoms with Crippen molar-refractivity contribution in [3.63, 3.8) is 0 Å². The fraction of sp³-hybridized carbons (Fsp3) is 0.353. The van der Waals surface area contributed by atoms with Crippen LogP contribution in [-0.2, 0) is 9.59 Å². The largest absolute Gasteiger partial charge is 0.504 e. The highest BCUT2D eigenvalue weighted by Gasteiger charge is 2.18. The summed E-state index contributed by atoms with van der Waals surface area (Å²) in [5.41, 5.74) is 6.71. The minimum Gasteiger partial charge on any atom is -0.504 e. The summed E-state index contributed by atoms with van der Waals surface area (Å²) in [5.74, 6) is -2.15. The van der Waals surface area contributed by atoms with Gasteiger partial charge in [0, 0.05) is 19.6 Å². The predicted octanol–water partition coefficient (Wildman–Crippen LogP) is 0.118. The number of phenolic OH excluding ortho intramolecular Hbond substituents is 2. The minimum absolute atomic E-state index is 0.178. The van der Waals surface area contributed by atoms with E-state index in [0.717, 1.165) is 6.07 Å². The summed E-state index contributed by atoms with van der Waals surface area (Å²) in [7, 11) is 0. The van der Waals surface area contributed by atoms with E-state index < -0.39 is 29.4 Å². The standard InChI is InChI=1S/C17H23N5O5/c1-3-22(5-4-20-10(2)16(19)25)17(26)12(9-18)6-11-7-13(21-27)15(24)14(23)8-11/h6-8,10,20-21,23-24,27H,3-5H2,1-2H3,(H2,19,25)/b12-6+. The third-order valence-corrected chi connectivity index (χ3v) is 3.82. The molecule has 1 aromatic carbocycles. The Kier molecular flexibility index (Phi) is 8.06. The number of likely N-dealkylation sites (N-methyl/N-ethyl adjacent to an activating group) is 1. The average Bonchev–Trinajstić information content (AvgIpc) is 2.64. The molecule has 1 rings (SSSR count). The van der Waals surface area contributed by atoms with Gasteiger partial charge >= 0.3 is 0 Å². The third-order valence-electron chi connectivity index (χ3n) is 3.82. The van der Waals surface area contributed by atoms with E-state index in [1.165, 1.54) is 17.0 Å². The van der Waals surface area contributed by atoms with Crippen LogP contribution in [0, 0.1) is 11.3 Å². The molecule has 7 N–H and O–H groups in total. The Morgan fingerprint density at radius 3 is 2.59 bits per heavy atom. The number of hydrogen-bond acceptors (Lipinski definition) is 8. The van der Waals surface area contributed by atoms with Gasteiger partial charge in [-0.15, -0.1) is 0 Å². The quantitative estimate of drug-likeness (QED) is 0.152. The van der Waals surface area contributed by atoms with Crippen LogP contribution in [-0.4, -0.2) is 57.8 Å². The molecular formula is C17H23N5O5. The summed E-state index contributed by atoms with van der Waals surface area (Å²) >= 11 is 0. The second-order valence-electron chi connectivity index (χ2n) is 5.68. The number of nitrogens with two attached hydrogens (primary N) is 1. The van der Waals surface area contributed by atoms with Gasteiger partial charge in [0.2, 0.25) is 5.91 Å². The Hall–Kier alpha value is -3.29. The van der Waals surface area contributed by atoms with E-state index >= 15 is 0 Å². The number of carbonyl (C=O) groups excluding carboxylic acids is 2. The highest BCUT2D eigenvalue weighted by molar-refractivity contribution is 6.01. The van der Waals surface area contributed by atoms with Gasteiger partial charge < -0.3 is 26.2 Å². The molecule has 0 saturated heterocycles. The van der Waals surface area contributed by atoms with Crippen molar-refractivity contribution in [3.8, 4) is 17.6 Å². The first kappa shape index (κ1) is 21.8. The van der Waals surface area contributed by atoms with E-state index in [4.69, 9.17) is 10.9 Å². The number of hydrogen-bond donors (Lipinski definition) is 6. The number of benzene rings is 1. The molecule has 0 saturated carbocycles. The number of amides is 2. The summed E-state index contributed by atoms with van der Waals surface area (Å²) in [6.07, 6.45) is 1.23. The van der Waals surface area contributed by atoms with Gasteiger partial charge in [-0.1, -0.05) is 0 Å². The molecule has 0 spiro atoms. The molecule has 10 nitrogen and oxygen atoms in total. The molecule has 0 aliphatic heterocycles. The van der Waals surface area contributed by atoms with Crippen LogP contribution in [0.3, 0.4) is 0 Å². The van der Waals surface area contributed by atoms with E-state index in [0.29, 0.717) is 13.1 Å². The molecular weight excluding hydrogens is 354 g/mol. The molecule has 1 atom stereocenters. The van der Waals surface area contributed by atoms with Crippen LogP contribution in [0.25, 0.3) is 6.08 Å². The summed E-state index contributed by atoms with van der Waals surface area (Å²) in [6.45, 7) is 4.22. The van der Waals surface area contributed by atoms with Crippen LogP contribution in [0.15, 0.2) is 17.7 Å². The molecule has 0 bridgehead atoms. The van der Waals surface area contributed by atoms with Crippen molar-refractivity contribution < 1.29 is 25.0 Å². The Bertz CT molecular complexity index is 772. The molecule has 1 unspecified atom stereocenters. The highest BCUT2D eigenvalue weighted by atomic mass is 16.5. The molecule has 0 heterocycles. The molecule has 0 aromatic heterocycles. The number of primary amides is 1. The minimum atomic E-state index is -0.565. The Labute approximate surface area is 156 Å². The summed E-state index contributed by atoms with van der Waals surface area (Å²) < 4.78 is 0. The van der Waals surface area contributed by atoms with Gasteiger partial charge in [-0.2, -0.15) is 5.26 Å². The first-order valence-corrected chi connectivity index (χ1v) is 8.14. The van der Waals surface area contributed by atoms with Crippen molar-refractivity contribution in [2.75, 3.05) is 25.1 Å². The molecule has 10 heteroatoms. The van der Waals surface area contributed by atoms with Gasteiger partial charge in [0.05, 0.1) is 6.04 Å². The molecule has 0 radical (unpaired) electrons. The lowest BCUT2D eigenvalue weighted by Gasteiger charge is -2.21. The van der Waals surface area contributed by atoms with Gasteiger partial charge in [-0.05, 0) is 37.6 Å². The SMILES string of the molecule is CCN(CCNC(C)C(N)=O)C(=O)/C(C#N)=C/c1cc(O)c(O)c(NO)c1. The van der Waals surface area contributed by atoms with Crippen molar-refractivity contribution in [2.45, 2.75) is 19.9 Å². The number of nitrogens with zero attached hydrogens (tertiary/aromatic N) is 2. The third kappa shape index (κ3) is 5.88. The number of anilines is 1. The smallest absolute Gasteiger partial charge is 0.264 e. The maximum atomic E-state index is 12.6. The predicted molar refractivity (Wildman–Crippen MR) is 97.7 cm³/mol. The van der Waals surface area contributed by atoms with Gasteiger partial charge in [-0.3, -0.25) is 20.3 Å². The topological polar surface area (TPSA) is 172 Å². The highest BCUT2D eigenvalue weighted by Crippen LogP contribution is 2.34. The number of phenols is 2. The van der Waals surface area contributed by atoms with E-state index in [1.807, 2.05) is 0 Å². The normalized spacial score (nSPS) is 12.1. The van der Waals surface area contributed by atoms with Crippen LogP contribution in [0.1, 0.15) is 19.4 Å². The van der Waals surface area contributed by atoms with E-state index in [9.17, 15) is 25.1 Å². The van der Waals surface area contributed by atoms with Gasteiger partial charge in [0.25, 0.3) is 5.91 Å². The Morgan fingerprint density at radius 2 is 2.07 bits per heavy atom. The molecule has 27 heavy (non-hydrogen) atoms. The summed E-state index contributed by atoms with van der Waals surface area (Å²) in [5, 5.41) is 40.3. The van der Waals surface area contributed by atoms with Crippen LogP contribution >= 0.6 is 0 Å². The van der Waals surface area contributed by atoms with Crippen LogP contribution in [0.4, 0.5) is 5.69 Å². The average molecular weight is 377 g/mol. The molecule has 0 aliphatic rings. The van der Waals surface area contributed by atoms with Crippen molar-refractivity contribution in [1.29, 1.82) is 5.26 Å². The maximum absolute atomic E-state index is 12.6. The van der Waals surface area contributed by atoms with Crippen molar-refractivity contribution in [3.05, 3.63) is 23.3 Å². The maximum Gasteiger partial charge on any atom is 0.264 e. The Balaban J connectivity index is 2.97. The number of aromatic hydroxyl groups is 2. The zero-order valence-corrected chi connectivity index (χ0v) is 15.1. The number of rotatable bonds is 9. The van der Waals surface area contributed by atoms with Gasteiger partial charge in [0.15, 0.2) is 11.5 Å². The van der Waals surface area contributed by atoms with Gasteiger partial charge in [0.1, 0.15) is 17.3 Å². The van der Waals surface area contributed by atoms with E-state index in [2.05, 4.69) is 5.32 Å². The number of carbonyl (C=O) groups is 2. The zero-order valence-electron chi connectivity index (χ0n) is 15.1. The zero-order chi connectivity index (χ0) is 20.6. The van der Waals surface area contributed by atoms with Crippen molar-refractivity contribution in [1.82, 2.24) is 10.2 Å². The molecule has 146 valence electrons. The lowest BCUT2D eigenvalue weighted by atomic mass is 10.1. The van der Waals surface area contributed by atoms with Crippen LogP contribution in [0.2, 0.25) is 0 Å². The molecule has 1 aromatic rings. The lowest BCUT2D eigenvalue weighted by molar-refractivity contribution is -0.126. The molecule has 0 fully saturated rings. The van der Waals surface area contributed by atoms with Crippen molar-refractivity contribution >= 4 is 23.6 Å². The first-order chi connectivity index (χ1) is 12.7. The first-order valence-electron chi connectivity index (χ1n) is 8.14. The fourth-order valence-electron chi connectivity index (χ4n) is 2.21. The number of nitrogens with one attached hydrogen (secondary N) is 2. The number of nitriles is 1. The second kappa shape index (κ2) is 10.0. The van der Waals surface area contributed by atoms with E-state index in [1.54, 1.807) is 25.4 Å². The van der Waals surface area contributed by atoms with E-state index in [-0.39, 0.29) is 23.4 Å². The monoisotopic (exact) mass is 377 g/mol. The summed E-state index contributed by atoms with van der Waals surface area (Å²) in [4.78, 5) is 25.0. The lowest BCUT2D eigenvalue weighted by Crippen LogP contribution is -2.44. The molecule has 2 amide bonds.